The fourth-order valence-electron chi connectivity index (χ4n) is 2.22. The number of piperidine rings is 1. The third kappa shape index (κ3) is 3.66. The normalized spacial score (nSPS) is 20.2. The van der Waals surface area contributed by atoms with E-state index in [1.165, 1.54) is 0 Å². The van der Waals surface area contributed by atoms with Gasteiger partial charge in [0.1, 0.15) is 5.60 Å². The summed E-state index contributed by atoms with van der Waals surface area (Å²) in [5.41, 5.74) is -0.476. The van der Waals surface area contributed by atoms with Gasteiger partial charge in [0.2, 0.25) is 0 Å². The van der Waals surface area contributed by atoms with Gasteiger partial charge in [-0.1, -0.05) is 0 Å². The predicted molar refractivity (Wildman–Crippen MR) is 71.6 cm³/mol. The first-order valence-electron chi connectivity index (χ1n) is 6.74. The standard InChI is InChI=1S/C14H21N3O2/c1-14(2,3)19-13(18)17-10-5-4-7-11(17)12-15-8-6-9-16-12/h6,8-9,11H,4-5,7,10H2,1-3H3. The lowest BCUT2D eigenvalue weighted by atomic mass is 10.0. The van der Waals surface area contributed by atoms with E-state index in [4.69, 9.17) is 4.74 Å². The van der Waals surface area contributed by atoms with Gasteiger partial charge in [-0.3, -0.25) is 4.90 Å². The van der Waals surface area contributed by atoms with Crippen LogP contribution in [0.25, 0.3) is 0 Å². The van der Waals surface area contributed by atoms with Crippen LogP contribution in [-0.2, 0) is 4.74 Å². The molecule has 2 heterocycles. The van der Waals surface area contributed by atoms with Crippen LogP contribution in [0.3, 0.4) is 0 Å². The molecule has 1 aliphatic heterocycles. The topological polar surface area (TPSA) is 55.3 Å². The first kappa shape index (κ1) is 13.8. The van der Waals surface area contributed by atoms with Crippen LogP contribution in [-0.4, -0.2) is 33.1 Å². The van der Waals surface area contributed by atoms with Crippen LogP contribution in [0.4, 0.5) is 4.79 Å². The number of aromatic nitrogens is 2. The Hall–Kier alpha value is -1.65. The van der Waals surface area contributed by atoms with Crippen molar-refractivity contribution >= 4 is 6.09 Å². The van der Waals surface area contributed by atoms with Crippen molar-refractivity contribution in [3.8, 4) is 0 Å². The molecule has 5 heteroatoms. The average Bonchev–Trinajstić information content (AvgIpc) is 2.38. The number of rotatable bonds is 1. The summed E-state index contributed by atoms with van der Waals surface area (Å²) in [4.78, 5) is 22.5. The van der Waals surface area contributed by atoms with Gasteiger partial charge in [-0.25, -0.2) is 14.8 Å². The molecule has 0 spiro atoms. The molecule has 0 aliphatic carbocycles. The molecule has 104 valence electrons. The highest BCUT2D eigenvalue weighted by molar-refractivity contribution is 5.68. The van der Waals surface area contributed by atoms with E-state index in [2.05, 4.69) is 9.97 Å². The van der Waals surface area contributed by atoms with Crippen LogP contribution in [0.5, 0.6) is 0 Å². The molecule has 5 nitrogen and oxygen atoms in total. The molecule has 0 bridgehead atoms. The van der Waals surface area contributed by atoms with Crippen molar-refractivity contribution in [2.45, 2.75) is 51.7 Å². The van der Waals surface area contributed by atoms with Crippen LogP contribution in [0.2, 0.25) is 0 Å². The van der Waals surface area contributed by atoms with Gasteiger partial charge in [-0.05, 0) is 46.1 Å². The van der Waals surface area contributed by atoms with Crippen molar-refractivity contribution in [1.82, 2.24) is 14.9 Å². The van der Waals surface area contributed by atoms with Gasteiger partial charge in [0.25, 0.3) is 0 Å². The number of nitrogens with zero attached hydrogens (tertiary/aromatic N) is 3. The summed E-state index contributed by atoms with van der Waals surface area (Å²) < 4.78 is 5.46. The van der Waals surface area contributed by atoms with E-state index in [0.29, 0.717) is 12.4 Å². The summed E-state index contributed by atoms with van der Waals surface area (Å²) in [6.45, 7) is 6.34. The third-order valence-corrected chi connectivity index (χ3v) is 3.01. The second-order valence-corrected chi connectivity index (χ2v) is 5.79. The minimum atomic E-state index is -0.476. The minimum Gasteiger partial charge on any atom is -0.444 e. The van der Waals surface area contributed by atoms with Gasteiger partial charge in [0, 0.05) is 18.9 Å². The van der Waals surface area contributed by atoms with Gasteiger partial charge in [0.15, 0.2) is 5.82 Å². The summed E-state index contributed by atoms with van der Waals surface area (Å²) in [5, 5.41) is 0. The van der Waals surface area contributed by atoms with Crippen molar-refractivity contribution in [2.24, 2.45) is 0 Å². The van der Waals surface area contributed by atoms with E-state index in [9.17, 15) is 4.79 Å². The molecule has 0 N–H and O–H groups in total. The quantitative estimate of drug-likeness (QED) is 0.781. The van der Waals surface area contributed by atoms with Gasteiger partial charge in [-0.2, -0.15) is 0 Å². The maximum absolute atomic E-state index is 12.2. The fourth-order valence-corrected chi connectivity index (χ4v) is 2.22. The molecule has 19 heavy (non-hydrogen) atoms. The maximum Gasteiger partial charge on any atom is 0.410 e. The largest absolute Gasteiger partial charge is 0.444 e. The van der Waals surface area contributed by atoms with Crippen molar-refractivity contribution in [2.75, 3.05) is 6.54 Å². The van der Waals surface area contributed by atoms with Gasteiger partial charge in [-0.15, -0.1) is 0 Å². The van der Waals surface area contributed by atoms with Crippen LogP contribution >= 0.6 is 0 Å². The highest BCUT2D eigenvalue weighted by atomic mass is 16.6. The number of amides is 1. The Balaban J connectivity index is 2.15. The van der Waals surface area contributed by atoms with Crippen LogP contribution in [0.15, 0.2) is 18.5 Å². The van der Waals surface area contributed by atoms with Gasteiger partial charge < -0.3 is 4.74 Å². The van der Waals surface area contributed by atoms with Crippen molar-refractivity contribution in [1.29, 1.82) is 0 Å². The minimum absolute atomic E-state index is 0.0650. The third-order valence-electron chi connectivity index (χ3n) is 3.01. The molecule has 1 aromatic rings. The fraction of sp³-hybridized carbons (Fsp3) is 0.643. The zero-order chi connectivity index (χ0) is 13.9. The first-order valence-corrected chi connectivity index (χ1v) is 6.74. The van der Waals surface area contributed by atoms with Crippen LogP contribution in [0, 0.1) is 0 Å². The Kier molecular flexibility index (Phi) is 4.02. The summed E-state index contributed by atoms with van der Waals surface area (Å²) in [7, 11) is 0. The average molecular weight is 263 g/mol. The summed E-state index contributed by atoms with van der Waals surface area (Å²) >= 11 is 0. The molecule has 0 radical (unpaired) electrons. The van der Waals surface area contributed by atoms with E-state index >= 15 is 0 Å². The van der Waals surface area contributed by atoms with E-state index < -0.39 is 5.60 Å². The molecule has 1 unspecified atom stereocenters. The smallest absolute Gasteiger partial charge is 0.410 e. The first-order chi connectivity index (χ1) is 8.97. The van der Waals surface area contributed by atoms with Gasteiger partial charge >= 0.3 is 6.09 Å². The molecule has 2 rings (SSSR count). The Morgan fingerprint density at radius 1 is 1.32 bits per heavy atom. The van der Waals surface area contributed by atoms with Crippen LogP contribution < -0.4 is 0 Å². The van der Waals surface area contributed by atoms with E-state index in [0.717, 1.165) is 19.3 Å². The second kappa shape index (κ2) is 5.55. The zero-order valence-corrected chi connectivity index (χ0v) is 11.8. The number of likely N-dealkylation sites (tertiary alicyclic amines) is 1. The molecule has 1 fully saturated rings. The molecule has 0 saturated carbocycles. The molecule has 1 saturated heterocycles. The SMILES string of the molecule is CC(C)(C)OC(=O)N1CCCCC1c1ncccn1. The van der Waals surface area contributed by atoms with Crippen molar-refractivity contribution < 1.29 is 9.53 Å². The Morgan fingerprint density at radius 3 is 2.63 bits per heavy atom. The Morgan fingerprint density at radius 2 is 2.00 bits per heavy atom. The molecule has 1 atom stereocenters. The van der Waals surface area contributed by atoms with Gasteiger partial charge in [0.05, 0.1) is 6.04 Å². The van der Waals surface area contributed by atoms with E-state index in [1.54, 1.807) is 23.4 Å². The Labute approximate surface area is 114 Å². The Bertz CT molecular complexity index is 428. The molecule has 0 aromatic carbocycles. The summed E-state index contributed by atoms with van der Waals surface area (Å²) in [6, 6.07) is 1.72. The molecular formula is C14H21N3O2. The highest BCUT2D eigenvalue weighted by Gasteiger charge is 2.32. The lowest BCUT2D eigenvalue weighted by molar-refractivity contribution is 0.00843. The highest BCUT2D eigenvalue weighted by Crippen LogP contribution is 2.29. The lowest BCUT2D eigenvalue weighted by Gasteiger charge is -2.35. The van der Waals surface area contributed by atoms with E-state index in [1.807, 2.05) is 20.8 Å². The van der Waals surface area contributed by atoms with Crippen LogP contribution in [0.1, 0.15) is 51.9 Å². The van der Waals surface area contributed by atoms with E-state index in [-0.39, 0.29) is 12.1 Å². The molecule has 1 amide bonds. The van der Waals surface area contributed by atoms with Crippen molar-refractivity contribution in [3.05, 3.63) is 24.3 Å². The maximum atomic E-state index is 12.2. The summed E-state index contributed by atoms with van der Waals surface area (Å²) in [5.74, 6) is 0.702. The molecule has 1 aromatic heterocycles. The molecular weight excluding hydrogens is 242 g/mol. The number of ether oxygens (including phenoxy) is 1. The monoisotopic (exact) mass is 263 g/mol. The lowest BCUT2D eigenvalue weighted by Crippen LogP contribution is -2.42. The summed E-state index contributed by atoms with van der Waals surface area (Å²) in [6.07, 6.45) is 6.13. The number of hydrogen-bond donors (Lipinski definition) is 0. The number of hydrogen-bond acceptors (Lipinski definition) is 4. The number of carbonyl (C=O) groups excluding carboxylic acids is 1. The predicted octanol–water partition coefficient (Wildman–Crippen LogP) is 2.94. The second-order valence-electron chi connectivity index (χ2n) is 5.79. The molecule has 1 aliphatic rings. The zero-order valence-electron chi connectivity index (χ0n) is 11.8. The number of carbonyl (C=O) groups is 1. The van der Waals surface area contributed by atoms with Crippen molar-refractivity contribution in [3.63, 3.8) is 0 Å².